The van der Waals surface area contributed by atoms with Crippen molar-refractivity contribution in [3.63, 3.8) is 0 Å². The van der Waals surface area contributed by atoms with Gasteiger partial charge in [-0.2, -0.15) is 0 Å². The fourth-order valence-electron chi connectivity index (χ4n) is 2.53. The molecule has 0 radical (unpaired) electrons. The van der Waals surface area contributed by atoms with E-state index < -0.39 is 9.84 Å². The minimum atomic E-state index is -3.38. The first-order chi connectivity index (χ1) is 13.0. The molecule has 1 N–H and O–H groups in total. The smallest absolute Gasteiger partial charge is 0.228 e. The minimum absolute atomic E-state index is 0.0239. The third kappa shape index (κ3) is 4.77. The van der Waals surface area contributed by atoms with Gasteiger partial charge in [0.05, 0.1) is 17.9 Å². The van der Waals surface area contributed by atoms with Crippen molar-refractivity contribution in [1.82, 2.24) is 10.2 Å². The molecule has 0 aliphatic rings. The Morgan fingerprint density at radius 3 is 2.41 bits per heavy atom. The summed E-state index contributed by atoms with van der Waals surface area (Å²) in [5.41, 5.74) is 2.84. The number of nitrogens with one attached hydrogen (secondary N) is 1. The molecular weight excluding hydrogens is 362 g/mol. The number of benzene rings is 2. The van der Waals surface area contributed by atoms with E-state index in [9.17, 15) is 13.2 Å². The van der Waals surface area contributed by atoms with Gasteiger partial charge in [-0.25, -0.2) is 8.42 Å². The van der Waals surface area contributed by atoms with E-state index in [2.05, 4.69) is 15.5 Å². The van der Waals surface area contributed by atoms with Crippen LogP contribution in [-0.4, -0.2) is 30.3 Å². The lowest BCUT2D eigenvalue weighted by atomic mass is 10.1. The van der Waals surface area contributed by atoms with E-state index in [-0.39, 0.29) is 23.1 Å². The molecule has 6 nitrogen and oxygen atoms in total. The molecule has 0 saturated carbocycles. The van der Waals surface area contributed by atoms with Crippen molar-refractivity contribution in [3.8, 4) is 11.3 Å². The van der Waals surface area contributed by atoms with E-state index in [0.29, 0.717) is 11.4 Å². The van der Waals surface area contributed by atoms with Gasteiger partial charge >= 0.3 is 0 Å². The third-order valence-corrected chi connectivity index (χ3v) is 5.60. The van der Waals surface area contributed by atoms with Crippen molar-refractivity contribution in [2.45, 2.75) is 18.4 Å². The molecule has 3 rings (SSSR count). The quantitative estimate of drug-likeness (QED) is 0.709. The maximum absolute atomic E-state index is 12.2. The average Bonchev–Trinajstić information content (AvgIpc) is 2.69. The van der Waals surface area contributed by atoms with E-state index in [0.717, 1.165) is 11.1 Å². The summed E-state index contributed by atoms with van der Waals surface area (Å²) in [6, 6.07) is 19.7. The predicted molar refractivity (Wildman–Crippen MR) is 104 cm³/mol. The molecule has 0 aliphatic carbocycles. The van der Waals surface area contributed by atoms with Crippen molar-refractivity contribution < 1.29 is 13.2 Å². The highest BCUT2D eigenvalue weighted by molar-refractivity contribution is 7.91. The number of sulfone groups is 1. The molecule has 3 aromatic rings. The molecule has 0 aliphatic heterocycles. The lowest BCUT2D eigenvalue weighted by Gasteiger charge is -2.08. The summed E-state index contributed by atoms with van der Waals surface area (Å²) in [6.07, 6.45) is 0.286. The van der Waals surface area contributed by atoms with Crippen LogP contribution in [0.2, 0.25) is 0 Å². The highest BCUT2D eigenvalue weighted by atomic mass is 32.2. The van der Waals surface area contributed by atoms with Gasteiger partial charge in [0, 0.05) is 11.3 Å². The van der Waals surface area contributed by atoms with Gasteiger partial charge in [-0.05, 0) is 29.8 Å². The van der Waals surface area contributed by atoms with E-state index >= 15 is 0 Å². The molecule has 0 bridgehead atoms. The zero-order chi connectivity index (χ0) is 19.3. The van der Waals surface area contributed by atoms with Crippen LogP contribution in [0.5, 0.6) is 0 Å². The molecule has 27 heavy (non-hydrogen) atoms. The molecule has 1 heterocycles. The van der Waals surface area contributed by atoms with Crippen LogP contribution < -0.4 is 5.32 Å². The third-order valence-electron chi connectivity index (χ3n) is 3.99. The van der Waals surface area contributed by atoms with Crippen LogP contribution in [0.1, 0.15) is 12.5 Å². The SMILES string of the molecule is CCS(=O)(=O)c1ccc(-c2cccc(NC(=O)Cc3ccccc3)c2)nn1. The Morgan fingerprint density at radius 2 is 1.74 bits per heavy atom. The predicted octanol–water partition coefficient (Wildman–Crippen LogP) is 3.12. The molecular formula is C20H19N3O3S. The zero-order valence-electron chi connectivity index (χ0n) is 14.8. The van der Waals surface area contributed by atoms with Crippen molar-refractivity contribution in [1.29, 1.82) is 0 Å². The van der Waals surface area contributed by atoms with Crippen molar-refractivity contribution >= 4 is 21.4 Å². The highest BCUT2D eigenvalue weighted by Crippen LogP contribution is 2.21. The van der Waals surface area contributed by atoms with Gasteiger partial charge in [0.2, 0.25) is 5.91 Å². The van der Waals surface area contributed by atoms with Crippen molar-refractivity contribution in [2.24, 2.45) is 0 Å². The zero-order valence-corrected chi connectivity index (χ0v) is 15.6. The maximum atomic E-state index is 12.2. The second-order valence-corrected chi connectivity index (χ2v) is 8.18. The fourth-order valence-corrected chi connectivity index (χ4v) is 3.27. The Bertz CT molecular complexity index is 1030. The molecule has 0 fully saturated rings. The number of anilines is 1. The standard InChI is InChI=1S/C20H19N3O3S/c1-2-27(25,26)20-12-11-18(22-23-20)16-9-6-10-17(14-16)21-19(24)13-15-7-4-3-5-8-15/h3-12,14H,2,13H2,1H3,(H,21,24). The number of hydrogen-bond acceptors (Lipinski definition) is 5. The normalized spacial score (nSPS) is 11.1. The molecule has 0 spiro atoms. The lowest BCUT2D eigenvalue weighted by Crippen LogP contribution is -2.14. The van der Waals surface area contributed by atoms with Crippen molar-refractivity contribution in [3.05, 3.63) is 72.3 Å². The van der Waals surface area contributed by atoms with Crippen LogP contribution in [0.4, 0.5) is 5.69 Å². The van der Waals surface area contributed by atoms with E-state index in [1.807, 2.05) is 36.4 Å². The number of hydrogen-bond donors (Lipinski definition) is 1. The van der Waals surface area contributed by atoms with Gasteiger partial charge in [-0.15, -0.1) is 10.2 Å². The number of aromatic nitrogens is 2. The second-order valence-electron chi connectivity index (χ2n) is 5.95. The van der Waals surface area contributed by atoms with Crippen LogP contribution in [0, 0.1) is 0 Å². The number of rotatable bonds is 6. The van der Waals surface area contributed by atoms with Crippen LogP contribution in [0.25, 0.3) is 11.3 Å². The molecule has 2 aromatic carbocycles. The van der Waals surface area contributed by atoms with Crippen LogP contribution in [0.15, 0.2) is 71.8 Å². The first-order valence-electron chi connectivity index (χ1n) is 8.48. The molecule has 0 atom stereocenters. The summed E-state index contributed by atoms with van der Waals surface area (Å²) in [5, 5.41) is 10.6. The summed E-state index contributed by atoms with van der Waals surface area (Å²) in [4.78, 5) is 12.2. The summed E-state index contributed by atoms with van der Waals surface area (Å²) in [7, 11) is -3.38. The Kier molecular flexibility index (Phi) is 5.61. The van der Waals surface area contributed by atoms with E-state index in [1.165, 1.54) is 6.07 Å². The maximum Gasteiger partial charge on any atom is 0.228 e. The molecule has 0 unspecified atom stereocenters. The summed E-state index contributed by atoms with van der Waals surface area (Å²) < 4.78 is 23.6. The monoisotopic (exact) mass is 381 g/mol. The van der Waals surface area contributed by atoms with Gasteiger partial charge in [0.1, 0.15) is 0 Å². The fraction of sp³-hybridized carbons (Fsp3) is 0.150. The molecule has 138 valence electrons. The Balaban J connectivity index is 1.74. The number of carbonyl (C=O) groups is 1. The first kappa shape index (κ1) is 18.7. The molecule has 1 aromatic heterocycles. The number of carbonyl (C=O) groups excluding carboxylic acids is 1. The van der Waals surface area contributed by atoms with Gasteiger partial charge in [-0.1, -0.05) is 49.4 Å². The van der Waals surface area contributed by atoms with Gasteiger partial charge in [0.15, 0.2) is 14.9 Å². The van der Waals surface area contributed by atoms with E-state index in [4.69, 9.17) is 0 Å². The molecule has 0 saturated heterocycles. The number of amides is 1. The molecule has 7 heteroatoms. The minimum Gasteiger partial charge on any atom is -0.326 e. The van der Waals surface area contributed by atoms with Crippen LogP contribution in [0.3, 0.4) is 0 Å². The van der Waals surface area contributed by atoms with E-state index in [1.54, 1.807) is 31.2 Å². The van der Waals surface area contributed by atoms with Gasteiger partial charge < -0.3 is 5.32 Å². The average molecular weight is 381 g/mol. The lowest BCUT2D eigenvalue weighted by molar-refractivity contribution is -0.115. The molecule has 1 amide bonds. The summed E-state index contributed by atoms with van der Waals surface area (Å²) in [5.74, 6) is -0.141. The Morgan fingerprint density at radius 1 is 0.963 bits per heavy atom. The Hall–Kier alpha value is -3.06. The second kappa shape index (κ2) is 8.09. The Labute approximate surface area is 158 Å². The largest absolute Gasteiger partial charge is 0.326 e. The summed E-state index contributed by atoms with van der Waals surface area (Å²) >= 11 is 0. The first-order valence-corrected chi connectivity index (χ1v) is 10.1. The van der Waals surface area contributed by atoms with Crippen LogP contribution in [-0.2, 0) is 21.1 Å². The van der Waals surface area contributed by atoms with Crippen molar-refractivity contribution in [2.75, 3.05) is 11.1 Å². The topological polar surface area (TPSA) is 89.0 Å². The highest BCUT2D eigenvalue weighted by Gasteiger charge is 2.14. The number of nitrogens with zero attached hydrogens (tertiary/aromatic N) is 2. The van der Waals surface area contributed by atoms with Crippen LogP contribution >= 0.6 is 0 Å². The summed E-state index contributed by atoms with van der Waals surface area (Å²) in [6.45, 7) is 1.56. The van der Waals surface area contributed by atoms with Gasteiger partial charge in [0.25, 0.3) is 0 Å². The van der Waals surface area contributed by atoms with Gasteiger partial charge in [-0.3, -0.25) is 4.79 Å².